The predicted molar refractivity (Wildman–Crippen MR) is 88.7 cm³/mol. The van der Waals surface area contributed by atoms with Gasteiger partial charge in [-0.1, -0.05) is 6.92 Å². The highest BCUT2D eigenvalue weighted by atomic mass is 32.2. The highest BCUT2D eigenvalue weighted by Crippen LogP contribution is 2.32. The molecular weight excluding hydrogens is 282 g/mol. The standard InChI is InChI=1S/C16H29N3OS/c1-12-15(6-9-21-12)19-8-3-4-13(11-19)10-18-16(20)14-5-2-7-17-14/h12-15,17H,2-11H2,1H3,(H,18,20). The number of rotatable bonds is 4. The van der Waals surface area contributed by atoms with E-state index in [0.29, 0.717) is 5.92 Å². The lowest BCUT2D eigenvalue weighted by Gasteiger charge is -2.38. The van der Waals surface area contributed by atoms with Gasteiger partial charge in [-0.3, -0.25) is 9.69 Å². The maximum absolute atomic E-state index is 12.1. The van der Waals surface area contributed by atoms with Crippen LogP contribution in [0.15, 0.2) is 0 Å². The van der Waals surface area contributed by atoms with E-state index < -0.39 is 0 Å². The Morgan fingerprint density at radius 2 is 2.24 bits per heavy atom. The van der Waals surface area contributed by atoms with Crippen molar-refractivity contribution < 1.29 is 4.79 Å². The summed E-state index contributed by atoms with van der Waals surface area (Å²) in [5.74, 6) is 2.17. The number of hydrogen-bond donors (Lipinski definition) is 2. The van der Waals surface area contributed by atoms with Crippen LogP contribution in [-0.4, -0.2) is 60.1 Å². The zero-order valence-electron chi connectivity index (χ0n) is 13.1. The predicted octanol–water partition coefficient (Wildman–Crippen LogP) is 1.46. The smallest absolute Gasteiger partial charge is 0.237 e. The van der Waals surface area contributed by atoms with Gasteiger partial charge in [0.05, 0.1) is 6.04 Å². The summed E-state index contributed by atoms with van der Waals surface area (Å²) in [6, 6.07) is 0.834. The van der Waals surface area contributed by atoms with Crippen LogP contribution in [0.25, 0.3) is 0 Å². The molecule has 3 aliphatic rings. The number of thioether (sulfide) groups is 1. The van der Waals surface area contributed by atoms with Gasteiger partial charge >= 0.3 is 0 Å². The molecule has 3 heterocycles. The fourth-order valence-corrected chi connectivity index (χ4v) is 5.32. The summed E-state index contributed by atoms with van der Waals surface area (Å²) in [6.07, 6.45) is 6.03. The van der Waals surface area contributed by atoms with Gasteiger partial charge in [-0.15, -0.1) is 0 Å². The molecule has 0 aromatic heterocycles. The quantitative estimate of drug-likeness (QED) is 0.825. The summed E-state index contributed by atoms with van der Waals surface area (Å²) in [7, 11) is 0. The minimum absolute atomic E-state index is 0.0657. The summed E-state index contributed by atoms with van der Waals surface area (Å²) < 4.78 is 0. The van der Waals surface area contributed by atoms with Crippen LogP contribution in [-0.2, 0) is 4.79 Å². The zero-order chi connectivity index (χ0) is 14.7. The molecule has 21 heavy (non-hydrogen) atoms. The van der Waals surface area contributed by atoms with E-state index in [1.54, 1.807) is 0 Å². The van der Waals surface area contributed by atoms with Crippen molar-refractivity contribution >= 4 is 17.7 Å². The van der Waals surface area contributed by atoms with E-state index in [-0.39, 0.29) is 11.9 Å². The van der Waals surface area contributed by atoms with Gasteiger partial charge in [0.1, 0.15) is 0 Å². The minimum Gasteiger partial charge on any atom is -0.354 e. The lowest BCUT2D eigenvalue weighted by molar-refractivity contribution is -0.123. The van der Waals surface area contributed by atoms with Crippen LogP contribution in [0.2, 0.25) is 0 Å². The molecule has 2 N–H and O–H groups in total. The van der Waals surface area contributed by atoms with Gasteiger partial charge in [-0.25, -0.2) is 0 Å². The van der Waals surface area contributed by atoms with E-state index >= 15 is 0 Å². The third-order valence-electron chi connectivity index (χ3n) is 5.30. The Hall–Kier alpha value is -0.260. The summed E-state index contributed by atoms with van der Waals surface area (Å²) in [4.78, 5) is 14.8. The molecule has 0 bridgehead atoms. The van der Waals surface area contributed by atoms with Gasteiger partial charge in [0, 0.05) is 24.4 Å². The van der Waals surface area contributed by atoms with Crippen LogP contribution < -0.4 is 10.6 Å². The highest BCUT2D eigenvalue weighted by Gasteiger charge is 2.33. The summed E-state index contributed by atoms with van der Waals surface area (Å²) in [6.45, 7) is 6.66. The van der Waals surface area contributed by atoms with E-state index in [1.165, 1.54) is 38.1 Å². The molecule has 3 fully saturated rings. The van der Waals surface area contributed by atoms with Crippen LogP contribution in [0, 0.1) is 5.92 Å². The number of nitrogens with one attached hydrogen (secondary N) is 2. The fraction of sp³-hybridized carbons (Fsp3) is 0.938. The molecule has 4 nitrogen and oxygen atoms in total. The Morgan fingerprint density at radius 3 is 2.95 bits per heavy atom. The Balaban J connectivity index is 1.44. The molecule has 0 aromatic rings. The first-order valence-corrected chi connectivity index (χ1v) is 9.65. The number of nitrogens with zero attached hydrogens (tertiary/aromatic N) is 1. The monoisotopic (exact) mass is 311 g/mol. The molecule has 0 spiro atoms. The van der Waals surface area contributed by atoms with E-state index in [4.69, 9.17) is 0 Å². The Kier molecular flexibility index (Phi) is 5.46. The normalized spacial score (nSPS) is 37.8. The summed E-state index contributed by atoms with van der Waals surface area (Å²) in [5, 5.41) is 7.24. The first-order valence-electron chi connectivity index (χ1n) is 8.61. The Labute approximate surface area is 132 Å². The maximum Gasteiger partial charge on any atom is 0.237 e. The number of likely N-dealkylation sites (tertiary alicyclic amines) is 1. The Morgan fingerprint density at radius 1 is 1.33 bits per heavy atom. The second-order valence-electron chi connectivity index (χ2n) is 6.83. The van der Waals surface area contributed by atoms with Gasteiger partial charge in [-0.05, 0) is 56.9 Å². The average Bonchev–Trinajstić information content (AvgIpc) is 3.16. The van der Waals surface area contributed by atoms with E-state index in [2.05, 4.69) is 34.2 Å². The van der Waals surface area contributed by atoms with E-state index in [0.717, 1.165) is 37.2 Å². The van der Waals surface area contributed by atoms with Crippen LogP contribution in [0.3, 0.4) is 0 Å². The van der Waals surface area contributed by atoms with Crippen molar-refractivity contribution in [2.45, 2.75) is 56.4 Å². The lowest BCUT2D eigenvalue weighted by Crippen LogP contribution is -2.49. The maximum atomic E-state index is 12.1. The lowest BCUT2D eigenvalue weighted by atomic mass is 9.95. The molecular formula is C16H29N3OS. The van der Waals surface area contributed by atoms with Crippen LogP contribution in [0.1, 0.15) is 39.0 Å². The molecule has 0 aromatic carbocycles. The molecule has 3 saturated heterocycles. The number of piperidine rings is 1. The average molecular weight is 311 g/mol. The molecule has 120 valence electrons. The van der Waals surface area contributed by atoms with Crippen LogP contribution in [0.4, 0.5) is 0 Å². The van der Waals surface area contributed by atoms with Crippen molar-refractivity contribution in [3.63, 3.8) is 0 Å². The SMILES string of the molecule is CC1SCCC1N1CCCC(CNC(=O)C2CCCN2)C1. The number of amides is 1. The van der Waals surface area contributed by atoms with E-state index in [1.807, 2.05) is 0 Å². The van der Waals surface area contributed by atoms with Crippen molar-refractivity contribution in [1.82, 2.24) is 15.5 Å². The minimum atomic E-state index is 0.0657. The molecule has 1 amide bonds. The highest BCUT2D eigenvalue weighted by molar-refractivity contribution is 8.00. The first kappa shape index (κ1) is 15.6. The second kappa shape index (κ2) is 7.34. The molecule has 0 aliphatic carbocycles. The van der Waals surface area contributed by atoms with Gasteiger partial charge in [0.25, 0.3) is 0 Å². The van der Waals surface area contributed by atoms with Gasteiger partial charge < -0.3 is 10.6 Å². The largest absolute Gasteiger partial charge is 0.354 e. The molecule has 4 unspecified atom stereocenters. The zero-order valence-corrected chi connectivity index (χ0v) is 14.0. The number of carbonyl (C=O) groups excluding carboxylic acids is 1. The molecule has 4 atom stereocenters. The number of carbonyl (C=O) groups is 1. The Bertz CT molecular complexity index is 359. The number of hydrogen-bond acceptors (Lipinski definition) is 4. The van der Waals surface area contributed by atoms with Gasteiger partial charge in [0.15, 0.2) is 0 Å². The third-order valence-corrected chi connectivity index (χ3v) is 6.61. The molecule has 0 radical (unpaired) electrons. The first-order chi connectivity index (χ1) is 10.2. The van der Waals surface area contributed by atoms with Crippen molar-refractivity contribution in [3.05, 3.63) is 0 Å². The summed E-state index contributed by atoms with van der Waals surface area (Å²) in [5.41, 5.74) is 0. The second-order valence-corrected chi connectivity index (χ2v) is 8.31. The molecule has 5 heteroatoms. The third kappa shape index (κ3) is 3.93. The van der Waals surface area contributed by atoms with Crippen LogP contribution in [0.5, 0.6) is 0 Å². The van der Waals surface area contributed by atoms with Gasteiger partial charge in [0.2, 0.25) is 5.91 Å². The van der Waals surface area contributed by atoms with Gasteiger partial charge in [-0.2, -0.15) is 11.8 Å². The topological polar surface area (TPSA) is 44.4 Å². The summed E-state index contributed by atoms with van der Waals surface area (Å²) >= 11 is 2.12. The van der Waals surface area contributed by atoms with Crippen molar-refractivity contribution in [2.75, 3.05) is 31.9 Å². The molecule has 3 aliphatic heterocycles. The van der Waals surface area contributed by atoms with Crippen molar-refractivity contribution in [3.8, 4) is 0 Å². The van der Waals surface area contributed by atoms with E-state index in [9.17, 15) is 4.79 Å². The van der Waals surface area contributed by atoms with Crippen molar-refractivity contribution in [2.24, 2.45) is 5.92 Å². The fourth-order valence-electron chi connectivity index (χ4n) is 4.04. The van der Waals surface area contributed by atoms with Crippen LogP contribution >= 0.6 is 11.8 Å². The molecule has 3 rings (SSSR count). The molecule has 0 saturated carbocycles. The van der Waals surface area contributed by atoms with Crippen molar-refractivity contribution in [1.29, 1.82) is 0 Å².